The van der Waals surface area contributed by atoms with E-state index in [-0.39, 0.29) is 24.3 Å². The van der Waals surface area contributed by atoms with E-state index in [0.29, 0.717) is 23.0 Å². The van der Waals surface area contributed by atoms with E-state index >= 15 is 0 Å². The Balaban J connectivity index is 2.32. The van der Waals surface area contributed by atoms with Crippen molar-refractivity contribution in [2.45, 2.75) is 26.3 Å². The molecular formula is C15H21Cl2N3O2. The molecule has 122 valence electrons. The highest BCUT2D eigenvalue weighted by atomic mass is 35.5. The summed E-state index contributed by atoms with van der Waals surface area (Å²) in [4.78, 5) is 23.3. The molecule has 0 bridgehead atoms. The number of carbonyl (C=O) groups excluding carboxylic acids is 2. The maximum atomic E-state index is 11.7. The lowest BCUT2D eigenvalue weighted by Gasteiger charge is -2.15. The van der Waals surface area contributed by atoms with E-state index in [1.165, 1.54) is 0 Å². The van der Waals surface area contributed by atoms with Crippen LogP contribution in [0.1, 0.15) is 19.4 Å². The van der Waals surface area contributed by atoms with Crippen LogP contribution in [0, 0.1) is 5.92 Å². The molecule has 0 unspecified atom stereocenters. The fourth-order valence-electron chi connectivity index (χ4n) is 1.73. The molecule has 5 nitrogen and oxygen atoms in total. The van der Waals surface area contributed by atoms with Crippen LogP contribution in [0.2, 0.25) is 10.0 Å². The average molecular weight is 346 g/mol. The van der Waals surface area contributed by atoms with Gasteiger partial charge in [0.2, 0.25) is 11.8 Å². The molecule has 0 saturated carbocycles. The summed E-state index contributed by atoms with van der Waals surface area (Å²) >= 11 is 12.0. The van der Waals surface area contributed by atoms with Crippen LogP contribution >= 0.6 is 23.2 Å². The lowest BCUT2D eigenvalue weighted by Crippen LogP contribution is -2.47. The van der Waals surface area contributed by atoms with Crippen LogP contribution in [0.5, 0.6) is 0 Å². The Bertz CT molecular complexity index is 536. The van der Waals surface area contributed by atoms with Crippen LogP contribution in [0.3, 0.4) is 0 Å². The molecule has 0 aliphatic carbocycles. The Hall–Kier alpha value is -1.30. The number of nitrogens with two attached hydrogens (primary N) is 1. The van der Waals surface area contributed by atoms with Gasteiger partial charge in [0, 0.05) is 6.54 Å². The molecule has 0 spiro atoms. The predicted molar refractivity (Wildman–Crippen MR) is 89.0 cm³/mol. The van der Waals surface area contributed by atoms with Crippen molar-refractivity contribution in [2.75, 3.05) is 13.1 Å². The van der Waals surface area contributed by atoms with Crippen molar-refractivity contribution < 1.29 is 9.59 Å². The summed E-state index contributed by atoms with van der Waals surface area (Å²) in [5.74, 6) is -0.585. The molecule has 1 atom stereocenters. The number of rotatable bonds is 7. The van der Waals surface area contributed by atoms with Crippen LogP contribution in [-0.4, -0.2) is 30.9 Å². The monoisotopic (exact) mass is 345 g/mol. The molecule has 0 aliphatic rings. The summed E-state index contributed by atoms with van der Waals surface area (Å²) in [6, 6.07) is 4.75. The molecule has 22 heavy (non-hydrogen) atoms. The summed E-state index contributed by atoms with van der Waals surface area (Å²) < 4.78 is 0. The van der Waals surface area contributed by atoms with E-state index in [2.05, 4.69) is 10.6 Å². The van der Waals surface area contributed by atoms with Crippen molar-refractivity contribution in [2.24, 2.45) is 11.7 Å². The second-order valence-electron chi connectivity index (χ2n) is 5.30. The maximum Gasteiger partial charge on any atom is 0.239 e. The fraction of sp³-hybridized carbons (Fsp3) is 0.467. The molecule has 7 heteroatoms. The van der Waals surface area contributed by atoms with E-state index in [9.17, 15) is 9.59 Å². The zero-order chi connectivity index (χ0) is 16.7. The minimum Gasteiger partial charge on any atom is -0.354 e. The Labute approximate surface area is 140 Å². The molecule has 0 saturated heterocycles. The Morgan fingerprint density at radius 3 is 2.55 bits per heavy atom. The molecule has 0 fully saturated rings. The van der Waals surface area contributed by atoms with Crippen LogP contribution in [0.25, 0.3) is 0 Å². The van der Waals surface area contributed by atoms with Gasteiger partial charge in [-0.3, -0.25) is 9.59 Å². The first-order chi connectivity index (χ1) is 10.3. The summed E-state index contributed by atoms with van der Waals surface area (Å²) in [7, 11) is 0. The number of amides is 2. The topological polar surface area (TPSA) is 84.2 Å². The van der Waals surface area contributed by atoms with Gasteiger partial charge in [-0.1, -0.05) is 49.2 Å². The normalized spacial score (nSPS) is 12.1. The highest BCUT2D eigenvalue weighted by Gasteiger charge is 2.17. The number of hydrogen-bond acceptors (Lipinski definition) is 3. The highest BCUT2D eigenvalue weighted by molar-refractivity contribution is 6.42. The Morgan fingerprint density at radius 2 is 1.91 bits per heavy atom. The third kappa shape index (κ3) is 5.83. The number of halogens is 2. The van der Waals surface area contributed by atoms with Gasteiger partial charge >= 0.3 is 0 Å². The average Bonchev–Trinajstić information content (AvgIpc) is 2.48. The van der Waals surface area contributed by atoms with Gasteiger partial charge in [-0.25, -0.2) is 0 Å². The predicted octanol–water partition coefficient (Wildman–Crippen LogP) is 1.75. The van der Waals surface area contributed by atoms with Crippen LogP contribution in [0.15, 0.2) is 18.2 Å². The van der Waals surface area contributed by atoms with Crippen molar-refractivity contribution in [3.8, 4) is 0 Å². The molecule has 0 radical (unpaired) electrons. The van der Waals surface area contributed by atoms with E-state index in [1.807, 2.05) is 19.9 Å². The lowest BCUT2D eigenvalue weighted by molar-refractivity contribution is -0.127. The minimum atomic E-state index is -0.613. The first-order valence-electron chi connectivity index (χ1n) is 7.05. The minimum absolute atomic E-state index is 0.0213. The zero-order valence-electron chi connectivity index (χ0n) is 12.7. The van der Waals surface area contributed by atoms with Gasteiger partial charge in [-0.2, -0.15) is 0 Å². The summed E-state index contributed by atoms with van der Waals surface area (Å²) in [5, 5.41) is 6.20. The summed E-state index contributed by atoms with van der Waals surface area (Å²) in [5.41, 5.74) is 6.54. The molecule has 0 aromatic heterocycles. The van der Waals surface area contributed by atoms with Crippen LogP contribution in [-0.2, 0) is 16.0 Å². The van der Waals surface area contributed by atoms with Gasteiger partial charge in [0.05, 0.1) is 22.6 Å². The van der Waals surface area contributed by atoms with Crippen molar-refractivity contribution >= 4 is 35.0 Å². The number of hydrogen-bond donors (Lipinski definition) is 3. The molecule has 2 amide bonds. The third-order valence-electron chi connectivity index (χ3n) is 3.19. The molecule has 0 heterocycles. The Morgan fingerprint density at radius 1 is 1.23 bits per heavy atom. The third-order valence-corrected chi connectivity index (χ3v) is 4.05. The quantitative estimate of drug-likeness (QED) is 0.703. The molecule has 1 aromatic carbocycles. The summed E-state index contributed by atoms with van der Waals surface area (Å²) in [6.45, 7) is 4.01. The van der Waals surface area contributed by atoms with E-state index in [1.54, 1.807) is 12.1 Å². The number of nitrogens with one attached hydrogen (secondary N) is 2. The van der Waals surface area contributed by atoms with Gasteiger partial charge < -0.3 is 16.4 Å². The standard InChI is InChI=1S/C15H21Cl2N3O2/c1-9(2)14(18)15(22)20-8-12(21)19-7-6-10-4-3-5-11(16)13(10)17/h3-5,9,14H,6-8,18H2,1-2H3,(H,19,21)(H,20,22)/t14-/m0/s1. The van der Waals surface area contributed by atoms with E-state index < -0.39 is 6.04 Å². The molecule has 0 aliphatic heterocycles. The smallest absolute Gasteiger partial charge is 0.239 e. The van der Waals surface area contributed by atoms with Gasteiger partial charge in [0.25, 0.3) is 0 Å². The first kappa shape index (κ1) is 18.7. The number of carbonyl (C=O) groups is 2. The second kappa shape index (κ2) is 8.98. The first-order valence-corrected chi connectivity index (χ1v) is 7.81. The van der Waals surface area contributed by atoms with Crippen LogP contribution in [0.4, 0.5) is 0 Å². The van der Waals surface area contributed by atoms with E-state index in [0.717, 1.165) is 5.56 Å². The van der Waals surface area contributed by atoms with Crippen molar-refractivity contribution in [1.29, 1.82) is 0 Å². The molecule has 1 aromatic rings. The number of benzene rings is 1. The van der Waals surface area contributed by atoms with Gasteiger partial charge in [0.1, 0.15) is 0 Å². The van der Waals surface area contributed by atoms with E-state index in [4.69, 9.17) is 28.9 Å². The van der Waals surface area contributed by atoms with Crippen molar-refractivity contribution in [1.82, 2.24) is 10.6 Å². The molecule has 4 N–H and O–H groups in total. The van der Waals surface area contributed by atoms with Crippen LogP contribution < -0.4 is 16.4 Å². The van der Waals surface area contributed by atoms with Gasteiger partial charge in [-0.15, -0.1) is 0 Å². The van der Waals surface area contributed by atoms with Crippen molar-refractivity contribution in [3.63, 3.8) is 0 Å². The highest BCUT2D eigenvalue weighted by Crippen LogP contribution is 2.25. The maximum absolute atomic E-state index is 11.7. The Kier molecular flexibility index (Phi) is 7.65. The van der Waals surface area contributed by atoms with Crippen molar-refractivity contribution in [3.05, 3.63) is 33.8 Å². The van der Waals surface area contributed by atoms with Gasteiger partial charge in [-0.05, 0) is 24.0 Å². The fourth-order valence-corrected chi connectivity index (χ4v) is 2.14. The molecule has 1 rings (SSSR count). The summed E-state index contributed by atoms with van der Waals surface area (Å²) in [6.07, 6.45) is 0.560. The second-order valence-corrected chi connectivity index (χ2v) is 6.09. The SMILES string of the molecule is CC(C)[C@H](N)C(=O)NCC(=O)NCCc1cccc(Cl)c1Cl. The van der Waals surface area contributed by atoms with Gasteiger partial charge in [0.15, 0.2) is 0 Å². The largest absolute Gasteiger partial charge is 0.354 e. The lowest BCUT2D eigenvalue weighted by atomic mass is 10.1. The molecular weight excluding hydrogens is 325 g/mol. The zero-order valence-corrected chi connectivity index (χ0v) is 14.2.